The minimum absolute atomic E-state index is 0.0922. The molecule has 1 heterocycles. The molecular formula is C20H19ClN2O3S. The second kappa shape index (κ2) is 8.41. The number of fused-ring (bicyclic) bond motifs is 1. The summed E-state index contributed by atoms with van der Waals surface area (Å²) >= 11 is 7.80. The highest BCUT2D eigenvalue weighted by Crippen LogP contribution is 2.38. The van der Waals surface area contributed by atoms with Gasteiger partial charge in [0.25, 0.3) is 5.91 Å². The number of primary amides is 1. The molecule has 0 saturated heterocycles. The van der Waals surface area contributed by atoms with Gasteiger partial charge in [0.15, 0.2) is 0 Å². The molecule has 0 aliphatic heterocycles. The average molecular weight is 403 g/mol. The van der Waals surface area contributed by atoms with Gasteiger partial charge in [0, 0.05) is 29.6 Å². The Bertz CT molecular complexity index is 972. The van der Waals surface area contributed by atoms with Crippen molar-refractivity contribution in [3.05, 3.63) is 64.0 Å². The Balaban J connectivity index is 1.93. The third-order valence-electron chi connectivity index (χ3n) is 4.16. The van der Waals surface area contributed by atoms with Gasteiger partial charge in [-0.1, -0.05) is 41.9 Å². The number of thiophene rings is 1. The minimum atomic E-state index is -0.451. The van der Waals surface area contributed by atoms with Crippen LogP contribution in [0, 0.1) is 0 Å². The van der Waals surface area contributed by atoms with Crippen molar-refractivity contribution in [2.45, 2.75) is 13.0 Å². The standard InChI is InChI=1S/C20H19ClN2O3S/c1-26-14-7-8-15-16(11-14)27-19(18(15)21)20(25)23(10-9-17(22)24)12-13-5-3-2-4-6-13/h2-8,11H,9-10,12H2,1H3,(H2,22,24). The Labute approximate surface area is 166 Å². The van der Waals surface area contributed by atoms with Crippen molar-refractivity contribution in [3.8, 4) is 5.75 Å². The summed E-state index contributed by atoms with van der Waals surface area (Å²) in [6.07, 6.45) is 0.0922. The molecule has 0 saturated carbocycles. The van der Waals surface area contributed by atoms with E-state index in [-0.39, 0.29) is 18.9 Å². The Morgan fingerprint density at radius 1 is 1.19 bits per heavy atom. The number of nitrogens with two attached hydrogens (primary N) is 1. The molecule has 1 aromatic heterocycles. The van der Waals surface area contributed by atoms with Gasteiger partial charge in [-0.2, -0.15) is 0 Å². The van der Waals surface area contributed by atoms with Crippen molar-refractivity contribution in [2.75, 3.05) is 13.7 Å². The number of benzene rings is 2. The molecule has 2 N–H and O–H groups in total. The van der Waals surface area contributed by atoms with Gasteiger partial charge >= 0.3 is 0 Å². The highest BCUT2D eigenvalue weighted by molar-refractivity contribution is 7.21. The lowest BCUT2D eigenvalue weighted by atomic mass is 10.2. The van der Waals surface area contributed by atoms with Gasteiger partial charge in [-0.3, -0.25) is 9.59 Å². The van der Waals surface area contributed by atoms with E-state index in [1.165, 1.54) is 11.3 Å². The van der Waals surface area contributed by atoms with E-state index in [0.717, 1.165) is 15.6 Å². The molecule has 0 bridgehead atoms. The molecule has 0 fully saturated rings. The average Bonchev–Trinajstić information content (AvgIpc) is 3.01. The van der Waals surface area contributed by atoms with Crippen LogP contribution in [0.1, 0.15) is 21.7 Å². The van der Waals surface area contributed by atoms with Crippen LogP contribution in [0.3, 0.4) is 0 Å². The van der Waals surface area contributed by atoms with Gasteiger partial charge < -0.3 is 15.4 Å². The molecule has 0 aliphatic rings. The zero-order chi connectivity index (χ0) is 19.4. The maximum Gasteiger partial charge on any atom is 0.265 e. The fourth-order valence-electron chi connectivity index (χ4n) is 2.75. The zero-order valence-electron chi connectivity index (χ0n) is 14.8. The summed E-state index contributed by atoms with van der Waals surface area (Å²) in [5.41, 5.74) is 6.25. The van der Waals surface area contributed by atoms with Crippen LogP contribution in [0.15, 0.2) is 48.5 Å². The van der Waals surface area contributed by atoms with E-state index < -0.39 is 5.91 Å². The third kappa shape index (κ3) is 4.40. The second-order valence-corrected chi connectivity index (χ2v) is 7.47. The Hall–Kier alpha value is -2.57. The van der Waals surface area contributed by atoms with Crippen molar-refractivity contribution >= 4 is 44.8 Å². The maximum absolute atomic E-state index is 13.2. The first kappa shape index (κ1) is 19.2. The topological polar surface area (TPSA) is 72.6 Å². The van der Waals surface area contributed by atoms with Crippen molar-refractivity contribution in [3.63, 3.8) is 0 Å². The molecule has 0 radical (unpaired) electrons. The van der Waals surface area contributed by atoms with Gasteiger partial charge in [0.1, 0.15) is 10.6 Å². The lowest BCUT2D eigenvalue weighted by molar-refractivity contribution is -0.118. The van der Waals surface area contributed by atoms with Crippen molar-refractivity contribution in [1.29, 1.82) is 0 Å². The number of hydrogen-bond donors (Lipinski definition) is 1. The van der Waals surface area contributed by atoms with E-state index in [1.807, 2.05) is 48.5 Å². The molecule has 27 heavy (non-hydrogen) atoms. The largest absolute Gasteiger partial charge is 0.497 e. The van der Waals surface area contributed by atoms with Crippen LogP contribution < -0.4 is 10.5 Å². The van der Waals surface area contributed by atoms with Crippen LogP contribution in [-0.2, 0) is 11.3 Å². The number of carbonyl (C=O) groups excluding carboxylic acids is 2. The molecule has 140 valence electrons. The van der Waals surface area contributed by atoms with Gasteiger partial charge in [-0.25, -0.2) is 0 Å². The summed E-state index contributed by atoms with van der Waals surface area (Å²) < 4.78 is 6.11. The summed E-state index contributed by atoms with van der Waals surface area (Å²) in [6, 6.07) is 15.1. The number of nitrogens with zero attached hydrogens (tertiary/aromatic N) is 1. The van der Waals surface area contributed by atoms with Crippen LogP contribution in [-0.4, -0.2) is 30.4 Å². The highest BCUT2D eigenvalue weighted by Gasteiger charge is 2.23. The van der Waals surface area contributed by atoms with Crippen LogP contribution in [0.2, 0.25) is 5.02 Å². The minimum Gasteiger partial charge on any atom is -0.497 e. The fourth-order valence-corrected chi connectivity index (χ4v) is 4.26. The molecule has 5 nitrogen and oxygen atoms in total. The van der Waals surface area contributed by atoms with Crippen molar-refractivity contribution in [1.82, 2.24) is 4.90 Å². The number of hydrogen-bond acceptors (Lipinski definition) is 4. The first-order valence-electron chi connectivity index (χ1n) is 8.37. The molecule has 0 aliphatic carbocycles. The molecule has 7 heteroatoms. The molecule has 2 aromatic carbocycles. The van der Waals surface area contributed by atoms with Gasteiger partial charge in [-0.15, -0.1) is 11.3 Å². The predicted molar refractivity (Wildman–Crippen MR) is 108 cm³/mol. The molecule has 3 aromatic rings. The first-order chi connectivity index (χ1) is 13.0. The quantitative estimate of drug-likeness (QED) is 0.647. The molecule has 3 rings (SSSR count). The number of halogens is 1. The lowest BCUT2D eigenvalue weighted by Crippen LogP contribution is -2.33. The van der Waals surface area contributed by atoms with Crippen molar-refractivity contribution < 1.29 is 14.3 Å². The monoisotopic (exact) mass is 402 g/mol. The van der Waals surface area contributed by atoms with Gasteiger partial charge in [0.2, 0.25) is 5.91 Å². The molecular weight excluding hydrogens is 384 g/mol. The molecule has 0 atom stereocenters. The second-order valence-electron chi connectivity index (χ2n) is 6.04. The summed E-state index contributed by atoms with van der Waals surface area (Å²) in [4.78, 5) is 26.5. The Morgan fingerprint density at radius 2 is 1.93 bits per heavy atom. The number of carbonyl (C=O) groups is 2. The number of methoxy groups -OCH3 is 1. The van der Waals surface area contributed by atoms with Gasteiger partial charge in [-0.05, 0) is 23.8 Å². The zero-order valence-corrected chi connectivity index (χ0v) is 16.3. The fraction of sp³-hybridized carbons (Fsp3) is 0.200. The Kier molecular flexibility index (Phi) is 5.98. The smallest absolute Gasteiger partial charge is 0.265 e. The van der Waals surface area contributed by atoms with E-state index in [4.69, 9.17) is 22.1 Å². The van der Waals surface area contributed by atoms with E-state index in [1.54, 1.807) is 12.0 Å². The SMILES string of the molecule is COc1ccc2c(Cl)c(C(=O)N(CCC(N)=O)Cc3ccccc3)sc2c1. The lowest BCUT2D eigenvalue weighted by Gasteiger charge is -2.22. The maximum atomic E-state index is 13.2. The van der Waals surface area contributed by atoms with Crippen LogP contribution in [0.25, 0.3) is 10.1 Å². The van der Waals surface area contributed by atoms with Crippen LogP contribution >= 0.6 is 22.9 Å². The van der Waals surface area contributed by atoms with E-state index in [9.17, 15) is 9.59 Å². The van der Waals surface area contributed by atoms with Gasteiger partial charge in [0.05, 0.1) is 12.1 Å². The number of rotatable bonds is 7. The Morgan fingerprint density at radius 3 is 2.59 bits per heavy atom. The van der Waals surface area contributed by atoms with E-state index in [2.05, 4.69) is 0 Å². The predicted octanol–water partition coefficient (Wildman–Crippen LogP) is 4.08. The van der Waals surface area contributed by atoms with E-state index >= 15 is 0 Å². The molecule has 2 amide bonds. The highest BCUT2D eigenvalue weighted by atomic mass is 35.5. The molecule has 0 spiro atoms. The summed E-state index contributed by atoms with van der Waals surface area (Å²) in [5, 5.41) is 1.22. The van der Waals surface area contributed by atoms with Crippen molar-refractivity contribution in [2.24, 2.45) is 5.73 Å². The van der Waals surface area contributed by atoms with Crippen LogP contribution in [0.4, 0.5) is 0 Å². The normalized spacial score (nSPS) is 10.7. The summed E-state index contributed by atoms with van der Waals surface area (Å²) in [7, 11) is 1.59. The first-order valence-corrected chi connectivity index (χ1v) is 9.56. The third-order valence-corrected chi connectivity index (χ3v) is 5.81. The number of amides is 2. The molecule has 0 unspecified atom stereocenters. The number of ether oxygens (including phenoxy) is 1. The van der Waals surface area contributed by atoms with Crippen LogP contribution in [0.5, 0.6) is 5.75 Å². The summed E-state index contributed by atoms with van der Waals surface area (Å²) in [6.45, 7) is 0.609. The van der Waals surface area contributed by atoms with E-state index in [0.29, 0.717) is 22.2 Å². The summed E-state index contributed by atoms with van der Waals surface area (Å²) in [5.74, 6) is 0.0348.